The quantitative estimate of drug-likeness (QED) is 0.293. The molecule has 0 saturated heterocycles. The monoisotopic (exact) mass is 201 g/mol. The lowest BCUT2D eigenvalue weighted by Crippen LogP contribution is -2.32. The summed E-state index contributed by atoms with van der Waals surface area (Å²) in [4.78, 5) is 23.8. The van der Waals surface area contributed by atoms with Crippen LogP contribution in [0.2, 0.25) is 19.1 Å². The Morgan fingerprint density at radius 3 is 2.62 bits per heavy atom. The van der Waals surface area contributed by atoms with Crippen LogP contribution in [0, 0.1) is 0 Å². The van der Waals surface area contributed by atoms with Gasteiger partial charge in [-0.05, 0) is 25.6 Å². The molecular formula is C8H15NO3Si. The third-order valence-corrected chi connectivity index (χ3v) is 3.93. The predicted octanol–water partition coefficient (Wildman–Crippen LogP) is 1.48. The third kappa shape index (κ3) is 7.43. The van der Waals surface area contributed by atoms with Crippen molar-refractivity contribution in [3.8, 4) is 0 Å². The molecule has 0 aromatic rings. The molecule has 0 heterocycles. The van der Waals surface area contributed by atoms with Crippen LogP contribution in [-0.4, -0.2) is 26.9 Å². The van der Waals surface area contributed by atoms with Crippen LogP contribution in [0.5, 0.6) is 0 Å². The van der Waals surface area contributed by atoms with Gasteiger partial charge in [-0.1, -0.05) is 0 Å². The molecule has 0 N–H and O–H groups in total. The number of rotatable bonds is 5. The Balaban J connectivity index is 3.74. The first-order valence-electron chi connectivity index (χ1n) is 4.21. The SMILES string of the molecule is CC(=O)O[Si](C)(C)CCCN=C=O. The fourth-order valence-electron chi connectivity index (χ4n) is 1.07. The summed E-state index contributed by atoms with van der Waals surface area (Å²) in [5.41, 5.74) is 0. The fraction of sp³-hybridized carbons (Fsp3) is 0.750. The molecule has 0 unspecified atom stereocenters. The van der Waals surface area contributed by atoms with Crippen molar-refractivity contribution in [2.24, 2.45) is 4.99 Å². The number of isocyanates is 1. The lowest BCUT2D eigenvalue weighted by atomic mass is 10.5. The van der Waals surface area contributed by atoms with E-state index in [9.17, 15) is 9.59 Å². The molecule has 74 valence electrons. The van der Waals surface area contributed by atoms with Crippen LogP contribution >= 0.6 is 0 Å². The number of nitrogens with zero attached hydrogens (tertiary/aromatic N) is 1. The molecule has 0 amide bonds. The molecule has 0 fully saturated rings. The molecule has 0 aliphatic rings. The average Bonchev–Trinajstić information content (AvgIpc) is 1.95. The lowest BCUT2D eigenvalue weighted by Gasteiger charge is -2.20. The van der Waals surface area contributed by atoms with E-state index >= 15 is 0 Å². The summed E-state index contributed by atoms with van der Waals surface area (Å²) in [6, 6.07) is 0.831. The molecule has 0 spiro atoms. The Morgan fingerprint density at radius 1 is 1.54 bits per heavy atom. The van der Waals surface area contributed by atoms with Gasteiger partial charge < -0.3 is 4.43 Å². The van der Waals surface area contributed by atoms with Crippen molar-refractivity contribution in [1.29, 1.82) is 0 Å². The molecule has 0 aliphatic heterocycles. The molecule has 0 radical (unpaired) electrons. The Kier molecular flexibility index (Phi) is 5.26. The number of carbonyl (C=O) groups excluding carboxylic acids is 2. The van der Waals surface area contributed by atoms with Crippen LogP contribution in [0.25, 0.3) is 0 Å². The fourth-order valence-corrected chi connectivity index (χ4v) is 2.96. The van der Waals surface area contributed by atoms with Crippen LogP contribution < -0.4 is 0 Å². The van der Waals surface area contributed by atoms with Crippen molar-refractivity contribution in [2.75, 3.05) is 6.54 Å². The highest BCUT2D eigenvalue weighted by Crippen LogP contribution is 2.13. The lowest BCUT2D eigenvalue weighted by molar-refractivity contribution is -0.132. The van der Waals surface area contributed by atoms with E-state index in [0.717, 1.165) is 12.5 Å². The molecule has 0 bridgehead atoms. The molecule has 4 nitrogen and oxygen atoms in total. The van der Waals surface area contributed by atoms with Gasteiger partial charge in [0.15, 0.2) is 0 Å². The highest BCUT2D eigenvalue weighted by Gasteiger charge is 2.24. The van der Waals surface area contributed by atoms with E-state index in [4.69, 9.17) is 4.43 Å². The van der Waals surface area contributed by atoms with Crippen molar-refractivity contribution in [3.05, 3.63) is 0 Å². The van der Waals surface area contributed by atoms with Crippen molar-refractivity contribution in [3.63, 3.8) is 0 Å². The molecule has 0 atom stereocenters. The zero-order valence-corrected chi connectivity index (χ0v) is 9.29. The van der Waals surface area contributed by atoms with Crippen molar-refractivity contribution >= 4 is 20.4 Å². The number of aliphatic imine (C=N–C) groups is 1. The van der Waals surface area contributed by atoms with Crippen LogP contribution in [0.1, 0.15) is 13.3 Å². The summed E-state index contributed by atoms with van der Waals surface area (Å²) in [6.07, 6.45) is 2.26. The molecule has 0 rings (SSSR count). The summed E-state index contributed by atoms with van der Waals surface area (Å²) >= 11 is 0. The van der Waals surface area contributed by atoms with E-state index in [2.05, 4.69) is 4.99 Å². The normalized spacial score (nSPS) is 10.4. The van der Waals surface area contributed by atoms with Gasteiger partial charge in [-0.2, -0.15) is 0 Å². The van der Waals surface area contributed by atoms with E-state index in [1.807, 2.05) is 13.1 Å². The first kappa shape index (κ1) is 12.1. The van der Waals surface area contributed by atoms with Gasteiger partial charge in [-0.15, -0.1) is 0 Å². The van der Waals surface area contributed by atoms with Gasteiger partial charge in [-0.3, -0.25) is 4.79 Å². The maximum absolute atomic E-state index is 10.7. The van der Waals surface area contributed by atoms with E-state index in [0.29, 0.717) is 6.54 Å². The van der Waals surface area contributed by atoms with Crippen LogP contribution in [0.4, 0.5) is 0 Å². The van der Waals surface area contributed by atoms with Gasteiger partial charge in [-0.25, -0.2) is 9.79 Å². The van der Waals surface area contributed by atoms with Crippen molar-refractivity contribution in [2.45, 2.75) is 32.5 Å². The van der Waals surface area contributed by atoms with E-state index in [1.165, 1.54) is 13.0 Å². The predicted molar refractivity (Wildman–Crippen MR) is 51.7 cm³/mol. The van der Waals surface area contributed by atoms with Gasteiger partial charge in [0.1, 0.15) is 0 Å². The van der Waals surface area contributed by atoms with Crippen LogP contribution in [0.15, 0.2) is 4.99 Å². The molecule has 0 aromatic heterocycles. The minimum atomic E-state index is -1.86. The van der Waals surface area contributed by atoms with Gasteiger partial charge in [0, 0.05) is 6.92 Å². The molecule has 0 aliphatic carbocycles. The highest BCUT2D eigenvalue weighted by atomic mass is 28.4. The Morgan fingerprint density at radius 2 is 2.15 bits per heavy atom. The number of hydrogen-bond acceptors (Lipinski definition) is 4. The van der Waals surface area contributed by atoms with E-state index < -0.39 is 8.32 Å². The summed E-state index contributed by atoms with van der Waals surface area (Å²) in [7, 11) is -1.86. The molecule has 5 heteroatoms. The number of carbonyl (C=O) groups is 1. The standard InChI is InChI=1S/C8H15NO3Si/c1-8(11)12-13(2,3)6-4-5-9-7-10/h4-6H2,1-3H3. The second-order valence-corrected chi connectivity index (χ2v) is 7.65. The van der Waals surface area contributed by atoms with Gasteiger partial charge in [0.25, 0.3) is 5.97 Å². The number of hydrogen-bond donors (Lipinski definition) is 0. The third-order valence-electron chi connectivity index (χ3n) is 1.53. The van der Waals surface area contributed by atoms with Gasteiger partial charge in [0.2, 0.25) is 14.4 Å². The van der Waals surface area contributed by atoms with Crippen LogP contribution in [0.3, 0.4) is 0 Å². The molecule has 0 aromatic carbocycles. The second kappa shape index (κ2) is 5.67. The Labute approximate surface area is 79.1 Å². The summed E-state index contributed by atoms with van der Waals surface area (Å²) in [5.74, 6) is -0.226. The van der Waals surface area contributed by atoms with Gasteiger partial charge >= 0.3 is 0 Å². The Bertz CT molecular complexity index is 221. The molecule has 0 saturated carbocycles. The molecular weight excluding hydrogens is 186 g/mol. The summed E-state index contributed by atoms with van der Waals surface area (Å²) < 4.78 is 5.18. The largest absolute Gasteiger partial charge is 0.520 e. The smallest absolute Gasteiger partial charge is 0.289 e. The minimum Gasteiger partial charge on any atom is -0.520 e. The zero-order chi connectivity index (χ0) is 10.3. The molecule has 13 heavy (non-hydrogen) atoms. The first-order chi connectivity index (χ1) is 5.98. The summed E-state index contributed by atoms with van der Waals surface area (Å²) in [6.45, 7) is 5.83. The van der Waals surface area contributed by atoms with Crippen LogP contribution in [-0.2, 0) is 14.0 Å². The second-order valence-electron chi connectivity index (χ2n) is 3.43. The van der Waals surface area contributed by atoms with Crippen molar-refractivity contribution in [1.82, 2.24) is 0 Å². The summed E-state index contributed by atoms with van der Waals surface area (Å²) in [5, 5.41) is 0. The van der Waals surface area contributed by atoms with E-state index in [-0.39, 0.29) is 5.97 Å². The van der Waals surface area contributed by atoms with Gasteiger partial charge in [0.05, 0.1) is 6.54 Å². The average molecular weight is 201 g/mol. The zero-order valence-electron chi connectivity index (χ0n) is 8.29. The van der Waals surface area contributed by atoms with E-state index in [1.54, 1.807) is 0 Å². The first-order valence-corrected chi connectivity index (χ1v) is 7.33. The topological polar surface area (TPSA) is 55.7 Å². The highest BCUT2D eigenvalue weighted by molar-refractivity contribution is 6.72. The minimum absolute atomic E-state index is 0.226. The maximum atomic E-state index is 10.7. The van der Waals surface area contributed by atoms with Crippen molar-refractivity contribution < 1.29 is 14.0 Å². The maximum Gasteiger partial charge on any atom is 0.289 e. The Hall–Kier alpha value is -0.933.